The Hall–Kier alpha value is -1.13. The van der Waals surface area contributed by atoms with Crippen molar-refractivity contribution in [2.24, 2.45) is 5.73 Å². The standard InChI is InChI=1S/C14H21FN2O/c1-9-6-14(12(10(2)16)7-13(9)15)17(3)11-4-5-18-8-11/h6-7,10-11H,4-5,8,16H2,1-3H3/t10-,11?/m1/s1. The number of anilines is 1. The Balaban J connectivity index is 2.38. The number of hydrogen-bond acceptors (Lipinski definition) is 3. The second-order valence-corrected chi connectivity index (χ2v) is 5.08. The monoisotopic (exact) mass is 252 g/mol. The second kappa shape index (κ2) is 5.24. The average Bonchev–Trinajstić information content (AvgIpc) is 2.84. The topological polar surface area (TPSA) is 38.5 Å². The lowest BCUT2D eigenvalue weighted by Crippen LogP contribution is -2.33. The van der Waals surface area contributed by atoms with Crippen LogP contribution in [0.25, 0.3) is 0 Å². The number of aryl methyl sites for hydroxylation is 1. The number of halogens is 1. The summed E-state index contributed by atoms with van der Waals surface area (Å²) in [6.45, 7) is 5.18. The molecule has 0 aliphatic carbocycles. The molecular formula is C14H21FN2O. The second-order valence-electron chi connectivity index (χ2n) is 5.08. The van der Waals surface area contributed by atoms with Crippen LogP contribution in [-0.2, 0) is 4.74 Å². The Bertz CT molecular complexity index is 428. The lowest BCUT2D eigenvalue weighted by atomic mass is 10.0. The molecule has 1 saturated heterocycles. The van der Waals surface area contributed by atoms with Gasteiger partial charge in [0.05, 0.1) is 12.6 Å². The van der Waals surface area contributed by atoms with Gasteiger partial charge in [-0.05, 0) is 43.5 Å². The van der Waals surface area contributed by atoms with Gasteiger partial charge < -0.3 is 15.4 Å². The van der Waals surface area contributed by atoms with Gasteiger partial charge in [0.1, 0.15) is 5.82 Å². The van der Waals surface area contributed by atoms with E-state index in [-0.39, 0.29) is 11.9 Å². The molecule has 1 fully saturated rings. The fourth-order valence-electron chi connectivity index (χ4n) is 2.38. The van der Waals surface area contributed by atoms with Gasteiger partial charge >= 0.3 is 0 Å². The molecule has 1 aliphatic rings. The Morgan fingerprint density at radius 3 is 2.78 bits per heavy atom. The average molecular weight is 252 g/mol. The molecule has 0 radical (unpaired) electrons. The molecule has 2 atom stereocenters. The van der Waals surface area contributed by atoms with E-state index in [1.165, 1.54) is 0 Å². The molecular weight excluding hydrogens is 231 g/mol. The maximum atomic E-state index is 13.7. The summed E-state index contributed by atoms with van der Waals surface area (Å²) in [5.74, 6) is -0.192. The van der Waals surface area contributed by atoms with Crippen molar-refractivity contribution in [3.63, 3.8) is 0 Å². The number of nitrogens with zero attached hydrogens (tertiary/aromatic N) is 1. The SMILES string of the molecule is Cc1cc(N(C)C2CCOC2)c([C@@H](C)N)cc1F. The van der Waals surface area contributed by atoms with E-state index in [4.69, 9.17) is 10.5 Å². The highest BCUT2D eigenvalue weighted by Crippen LogP contribution is 2.30. The minimum Gasteiger partial charge on any atom is -0.379 e. The molecule has 18 heavy (non-hydrogen) atoms. The zero-order valence-corrected chi connectivity index (χ0v) is 11.2. The fraction of sp³-hybridized carbons (Fsp3) is 0.571. The molecule has 2 rings (SSSR count). The normalized spacial score (nSPS) is 21.1. The molecule has 4 heteroatoms. The summed E-state index contributed by atoms with van der Waals surface area (Å²) in [4.78, 5) is 2.16. The maximum Gasteiger partial charge on any atom is 0.126 e. The van der Waals surface area contributed by atoms with E-state index in [0.717, 1.165) is 30.9 Å². The van der Waals surface area contributed by atoms with Crippen molar-refractivity contribution in [3.8, 4) is 0 Å². The van der Waals surface area contributed by atoms with Gasteiger partial charge in [0.15, 0.2) is 0 Å². The van der Waals surface area contributed by atoms with E-state index < -0.39 is 0 Å². The number of hydrogen-bond donors (Lipinski definition) is 1. The third-order valence-corrected chi connectivity index (χ3v) is 3.63. The van der Waals surface area contributed by atoms with Crippen molar-refractivity contribution in [2.75, 3.05) is 25.2 Å². The summed E-state index contributed by atoms with van der Waals surface area (Å²) >= 11 is 0. The van der Waals surface area contributed by atoms with Crippen LogP contribution in [0.3, 0.4) is 0 Å². The molecule has 2 N–H and O–H groups in total. The maximum absolute atomic E-state index is 13.7. The predicted molar refractivity (Wildman–Crippen MR) is 71.4 cm³/mol. The number of likely N-dealkylation sites (N-methyl/N-ethyl adjacent to an activating group) is 1. The quantitative estimate of drug-likeness (QED) is 0.897. The van der Waals surface area contributed by atoms with Crippen LogP contribution in [0.1, 0.15) is 30.5 Å². The van der Waals surface area contributed by atoms with Gasteiger partial charge in [0.2, 0.25) is 0 Å². The molecule has 0 spiro atoms. The summed E-state index contributed by atoms with van der Waals surface area (Å²) < 4.78 is 19.1. The van der Waals surface area contributed by atoms with Crippen LogP contribution in [-0.4, -0.2) is 26.3 Å². The Kier molecular flexibility index (Phi) is 3.88. The van der Waals surface area contributed by atoms with E-state index in [9.17, 15) is 4.39 Å². The van der Waals surface area contributed by atoms with Gasteiger partial charge in [-0.1, -0.05) is 0 Å². The van der Waals surface area contributed by atoms with Gasteiger partial charge in [-0.15, -0.1) is 0 Å². The molecule has 0 bridgehead atoms. The lowest BCUT2D eigenvalue weighted by Gasteiger charge is -2.29. The van der Waals surface area contributed by atoms with Gasteiger partial charge in [-0.25, -0.2) is 4.39 Å². The molecule has 0 saturated carbocycles. The third-order valence-electron chi connectivity index (χ3n) is 3.63. The fourth-order valence-corrected chi connectivity index (χ4v) is 2.38. The van der Waals surface area contributed by atoms with Gasteiger partial charge in [-0.3, -0.25) is 0 Å². The molecule has 1 aromatic rings. The Morgan fingerprint density at radius 1 is 1.50 bits per heavy atom. The van der Waals surface area contributed by atoms with Crippen LogP contribution in [0.5, 0.6) is 0 Å². The van der Waals surface area contributed by atoms with Gasteiger partial charge in [0.25, 0.3) is 0 Å². The van der Waals surface area contributed by atoms with Gasteiger partial charge in [0, 0.05) is 25.4 Å². The van der Waals surface area contributed by atoms with Crippen molar-refractivity contribution in [1.82, 2.24) is 0 Å². The van der Waals surface area contributed by atoms with Gasteiger partial charge in [-0.2, -0.15) is 0 Å². The van der Waals surface area contributed by atoms with E-state index in [1.807, 2.05) is 20.0 Å². The van der Waals surface area contributed by atoms with E-state index in [0.29, 0.717) is 11.6 Å². The minimum atomic E-state index is -0.192. The molecule has 1 unspecified atom stereocenters. The van der Waals surface area contributed by atoms with E-state index in [2.05, 4.69) is 4.90 Å². The van der Waals surface area contributed by atoms with Crippen molar-refractivity contribution >= 4 is 5.69 Å². The van der Waals surface area contributed by atoms with Crippen molar-refractivity contribution in [2.45, 2.75) is 32.4 Å². The van der Waals surface area contributed by atoms with Crippen molar-refractivity contribution in [3.05, 3.63) is 29.1 Å². The molecule has 1 aromatic carbocycles. The molecule has 3 nitrogen and oxygen atoms in total. The Morgan fingerprint density at radius 2 is 2.22 bits per heavy atom. The molecule has 100 valence electrons. The van der Waals surface area contributed by atoms with Crippen LogP contribution in [0.15, 0.2) is 12.1 Å². The third kappa shape index (κ3) is 2.49. The first kappa shape index (κ1) is 13.3. The zero-order chi connectivity index (χ0) is 13.3. The summed E-state index contributed by atoms with van der Waals surface area (Å²) in [5.41, 5.74) is 8.47. The predicted octanol–water partition coefficient (Wildman–Crippen LogP) is 2.38. The minimum absolute atomic E-state index is 0.181. The van der Waals surface area contributed by atoms with Crippen molar-refractivity contribution < 1.29 is 9.13 Å². The number of ether oxygens (including phenoxy) is 1. The van der Waals surface area contributed by atoms with E-state index in [1.54, 1.807) is 13.0 Å². The highest BCUT2D eigenvalue weighted by atomic mass is 19.1. The van der Waals surface area contributed by atoms with E-state index >= 15 is 0 Å². The summed E-state index contributed by atoms with van der Waals surface area (Å²) in [5, 5.41) is 0. The molecule has 1 heterocycles. The van der Waals surface area contributed by atoms with Crippen LogP contribution in [0.4, 0.5) is 10.1 Å². The smallest absolute Gasteiger partial charge is 0.126 e. The molecule has 1 aliphatic heterocycles. The number of benzene rings is 1. The molecule has 0 aromatic heterocycles. The highest BCUT2D eigenvalue weighted by Gasteiger charge is 2.23. The summed E-state index contributed by atoms with van der Waals surface area (Å²) in [6.07, 6.45) is 1.01. The number of nitrogens with two attached hydrogens (primary N) is 1. The van der Waals surface area contributed by atoms with Crippen LogP contribution >= 0.6 is 0 Å². The molecule has 0 amide bonds. The van der Waals surface area contributed by atoms with Crippen LogP contribution in [0, 0.1) is 12.7 Å². The van der Waals surface area contributed by atoms with Crippen LogP contribution in [0.2, 0.25) is 0 Å². The first-order valence-electron chi connectivity index (χ1n) is 6.37. The zero-order valence-electron chi connectivity index (χ0n) is 11.2. The highest BCUT2D eigenvalue weighted by molar-refractivity contribution is 5.57. The number of rotatable bonds is 3. The largest absolute Gasteiger partial charge is 0.379 e. The van der Waals surface area contributed by atoms with Crippen molar-refractivity contribution in [1.29, 1.82) is 0 Å². The summed E-state index contributed by atoms with van der Waals surface area (Å²) in [6, 6.07) is 3.61. The van der Waals surface area contributed by atoms with Crippen LogP contribution < -0.4 is 10.6 Å². The first-order valence-corrected chi connectivity index (χ1v) is 6.37. The lowest BCUT2D eigenvalue weighted by molar-refractivity contribution is 0.193. The first-order chi connectivity index (χ1) is 8.50. The summed E-state index contributed by atoms with van der Waals surface area (Å²) in [7, 11) is 2.03. The Labute approximate surface area is 108 Å².